The van der Waals surface area contributed by atoms with Crippen molar-refractivity contribution in [1.29, 1.82) is 0 Å². The van der Waals surface area contributed by atoms with Gasteiger partial charge in [-0.25, -0.2) is 0 Å². The molecule has 1 N–H and O–H groups in total. The van der Waals surface area contributed by atoms with Crippen LogP contribution >= 0.6 is 0 Å². The number of nitrogens with one attached hydrogen (secondary N) is 1. The molecule has 1 heteroatoms. The third kappa shape index (κ3) is 2.32. The van der Waals surface area contributed by atoms with Crippen molar-refractivity contribution in [3.05, 3.63) is 30.3 Å². The quantitative estimate of drug-likeness (QED) is 0.668. The molecule has 0 amide bonds. The highest BCUT2D eigenvalue weighted by atomic mass is 14.9. The molecule has 0 heterocycles. The van der Waals surface area contributed by atoms with Gasteiger partial charge in [-0.3, -0.25) is 0 Å². The summed E-state index contributed by atoms with van der Waals surface area (Å²) in [6.45, 7) is 2.07. The van der Waals surface area contributed by atoms with E-state index in [1.54, 1.807) is 0 Å². The van der Waals surface area contributed by atoms with Gasteiger partial charge < -0.3 is 5.32 Å². The molecule has 0 aliphatic rings. The molecule has 1 rings (SSSR count). The minimum absolute atomic E-state index is 0.146. The lowest BCUT2D eigenvalue weighted by Gasteiger charge is -2.11. The second kappa shape index (κ2) is 4.46. The first-order valence-corrected chi connectivity index (χ1v) is 4.14. The third-order valence-corrected chi connectivity index (χ3v) is 1.72. The fourth-order valence-electron chi connectivity index (χ4n) is 0.997. The van der Waals surface area contributed by atoms with E-state index in [1.807, 2.05) is 30.3 Å². The van der Waals surface area contributed by atoms with Crippen molar-refractivity contribution in [2.45, 2.75) is 19.4 Å². The minimum atomic E-state index is 0.146. The molecule has 1 atom stereocenters. The molecule has 0 fully saturated rings. The number of anilines is 1. The predicted molar refractivity (Wildman–Crippen MR) is 53.0 cm³/mol. The van der Waals surface area contributed by atoms with Crippen LogP contribution in [0.5, 0.6) is 0 Å². The van der Waals surface area contributed by atoms with Crippen LogP contribution in [-0.4, -0.2) is 6.04 Å². The van der Waals surface area contributed by atoms with Crippen LogP contribution in [0.1, 0.15) is 13.3 Å². The SMILES string of the molecule is C#CC(CC)Nc1ccccc1. The zero-order chi connectivity index (χ0) is 8.81. The van der Waals surface area contributed by atoms with Crippen LogP contribution in [0.15, 0.2) is 30.3 Å². The van der Waals surface area contributed by atoms with Gasteiger partial charge in [0.15, 0.2) is 0 Å². The Kier molecular flexibility index (Phi) is 3.22. The molecule has 0 saturated carbocycles. The first kappa shape index (κ1) is 8.67. The highest BCUT2D eigenvalue weighted by molar-refractivity contribution is 5.44. The van der Waals surface area contributed by atoms with Crippen molar-refractivity contribution < 1.29 is 0 Å². The molecule has 0 aliphatic carbocycles. The molecule has 12 heavy (non-hydrogen) atoms. The first-order chi connectivity index (χ1) is 5.86. The van der Waals surface area contributed by atoms with E-state index < -0.39 is 0 Å². The molecule has 0 bridgehead atoms. The number of hydrogen-bond acceptors (Lipinski definition) is 1. The Morgan fingerprint density at radius 1 is 1.42 bits per heavy atom. The predicted octanol–water partition coefficient (Wildman–Crippen LogP) is 2.51. The average Bonchev–Trinajstić information content (AvgIpc) is 2.16. The van der Waals surface area contributed by atoms with Gasteiger partial charge in [-0.15, -0.1) is 6.42 Å². The van der Waals surface area contributed by atoms with E-state index in [1.165, 1.54) is 0 Å². The van der Waals surface area contributed by atoms with Crippen molar-refractivity contribution in [1.82, 2.24) is 0 Å². The van der Waals surface area contributed by atoms with Gasteiger partial charge in [-0.05, 0) is 18.6 Å². The fraction of sp³-hybridized carbons (Fsp3) is 0.273. The number of para-hydroxylation sites is 1. The number of terminal acetylenes is 1. The van der Waals surface area contributed by atoms with Crippen LogP contribution < -0.4 is 5.32 Å². The lowest BCUT2D eigenvalue weighted by Crippen LogP contribution is -2.15. The summed E-state index contributed by atoms with van der Waals surface area (Å²) in [6, 6.07) is 10.1. The van der Waals surface area contributed by atoms with E-state index in [0.29, 0.717) is 0 Å². The maximum absolute atomic E-state index is 5.32. The molecule has 0 radical (unpaired) electrons. The number of benzene rings is 1. The maximum Gasteiger partial charge on any atom is 0.0871 e. The van der Waals surface area contributed by atoms with Gasteiger partial charge in [0.05, 0.1) is 6.04 Å². The number of rotatable bonds is 3. The van der Waals surface area contributed by atoms with E-state index in [2.05, 4.69) is 18.2 Å². The van der Waals surface area contributed by atoms with Gasteiger partial charge in [0, 0.05) is 5.69 Å². The summed E-state index contributed by atoms with van der Waals surface area (Å²) in [4.78, 5) is 0. The number of hydrogen-bond donors (Lipinski definition) is 1. The van der Waals surface area contributed by atoms with Crippen LogP contribution in [-0.2, 0) is 0 Å². The minimum Gasteiger partial charge on any atom is -0.372 e. The molecule has 1 nitrogen and oxygen atoms in total. The average molecular weight is 159 g/mol. The Bertz CT molecular complexity index is 258. The summed E-state index contributed by atoms with van der Waals surface area (Å²) in [7, 11) is 0. The highest BCUT2D eigenvalue weighted by Gasteiger charge is 1.98. The van der Waals surface area contributed by atoms with Gasteiger partial charge in [-0.1, -0.05) is 31.0 Å². The Labute approximate surface area is 73.8 Å². The Hall–Kier alpha value is -1.42. The largest absolute Gasteiger partial charge is 0.372 e. The Morgan fingerprint density at radius 2 is 2.08 bits per heavy atom. The van der Waals surface area contributed by atoms with Crippen molar-refractivity contribution in [3.8, 4) is 12.3 Å². The van der Waals surface area contributed by atoms with E-state index in [0.717, 1.165) is 12.1 Å². The summed E-state index contributed by atoms with van der Waals surface area (Å²) in [5, 5.41) is 3.24. The molecule has 0 aliphatic heterocycles. The summed E-state index contributed by atoms with van der Waals surface area (Å²) in [5.74, 6) is 2.69. The van der Waals surface area contributed by atoms with Gasteiger partial charge in [0.2, 0.25) is 0 Å². The Morgan fingerprint density at radius 3 is 2.58 bits per heavy atom. The van der Waals surface area contributed by atoms with E-state index in [4.69, 9.17) is 6.42 Å². The van der Waals surface area contributed by atoms with Crippen molar-refractivity contribution in [3.63, 3.8) is 0 Å². The molecule has 1 aromatic rings. The van der Waals surface area contributed by atoms with E-state index >= 15 is 0 Å². The smallest absolute Gasteiger partial charge is 0.0871 e. The zero-order valence-corrected chi connectivity index (χ0v) is 7.25. The second-order valence-corrected chi connectivity index (χ2v) is 2.64. The first-order valence-electron chi connectivity index (χ1n) is 4.14. The second-order valence-electron chi connectivity index (χ2n) is 2.64. The van der Waals surface area contributed by atoms with Gasteiger partial charge >= 0.3 is 0 Å². The Balaban J connectivity index is 2.58. The van der Waals surface area contributed by atoms with Crippen LogP contribution in [0.25, 0.3) is 0 Å². The van der Waals surface area contributed by atoms with Crippen molar-refractivity contribution >= 4 is 5.69 Å². The zero-order valence-electron chi connectivity index (χ0n) is 7.25. The van der Waals surface area contributed by atoms with Crippen LogP contribution in [0.2, 0.25) is 0 Å². The molecule has 1 aromatic carbocycles. The molecular weight excluding hydrogens is 146 g/mol. The monoisotopic (exact) mass is 159 g/mol. The molecule has 0 saturated heterocycles. The van der Waals surface area contributed by atoms with E-state index in [-0.39, 0.29) is 6.04 Å². The van der Waals surface area contributed by atoms with Crippen molar-refractivity contribution in [2.24, 2.45) is 0 Å². The summed E-state index contributed by atoms with van der Waals surface area (Å²) in [6.07, 6.45) is 6.27. The van der Waals surface area contributed by atoms with Gasteiger partial charge in [0.25, 0.3) is 0 Å². The molecule has 0 aromatic heterocycles. The lowest BCUT2D eigenvalue weighted by molar-refractivity contribution is 0.858. The molecule has 1 unspecified atom stereocenters. The molecular formula is C11H13N. The topological polar surface area (TPSA) is 12.0 Å². The summed E-state index contributed by atoms with van der Waals surface area (Å²) >= 11 is 0. The summed E-state index contributed by atoms with van der Waals surface area (Å²) in [5.41, 5.74) is 1.09. The highest BCUT2D eigenvalue weighted by Crippen LogP contribution is 2.07. The fourth-order valence-corrected chi connectivity index (χ4v) is 0.997. The maximum atomic E-state index is 5.32. The standard InChI is InChI=1S/C11H13N/c1-3-10(4-2)12-11-8-6-5-7-9-11/h1,5-10,12H,4H2,2H3. The van der Waals surface area contributed by atoms with Crippen LogP contribution in [0.4, 0.5) is 5.69 Å². The van der Waals surface area contributed by atoms with E-state index in [9.17, 15) is 0 Å². The van der Waals surface area contributed by atoms with Crippen molar-refractivity contribution in [2.75, 3.05) is 5.32 Å². The lowest BCUT2D eigenvalue weighted by atomic mass is 10.2. The summed E-state index contributed by atoms with van der Waals surface area (Å²) < 4.78 is 0. The third-order valence-electron chi connectivity index (χ3n) is 1.72. The van der Waals surface area contributed by atoms with Crippen LogP contribution in [0.3, 0.4) is 0 Å². The molecule has 0 spiro atoms. The normalized spacial score (nSPS) is 11.7. The van der Waals surface area contributed by atoms with Crippen LogP contribution in [0, 0.1) is 12.3 Å². The van der Waals surface area contributed by atoms with Gasteiger partial charge in [-0.2, -0.15) is 0 Å². The van der Waals surface area contributed by atoms with Gasteiger partial charge in [0.1, 0.15) is 0 Å². The molecule has 62 valence electrons.